The zero-order chi connectivity index (χ0) is 19.3. The monoisotopic (exact) mass is 384 g/mol. The number of aliphatic hydroxyl groups is 1. The number of hydrogen-bond acceptors (Lipinski definition) is 5. The van der Waals surface area contributed by atoms with E-state index in [0.717, 1.165) is 70.1 Å². The smallest absolute Gasteiger partial charge is 0.257 e. The van der Waals surface area contributed by atoms with Gasteiger partial charge in [-0.3, -0.25) is 9.69 Å². The number of benzene rings is 1. The molecular formula is C22H28N2O4. The second kappa shape index (κ2) is 8.90. The second-order valence-corrected chi connectivity index (χ2v) is 7.78. The molecule has 2 saturated heterocycles. The van der Waals surface area contributed by atoms with Crippen LogP contribution in [0.15, 0.2) is 41.0 Å². The fourth-order valence-corrected chi connectivity index (χ4v) is 4.11. The normalized spacial score (nSPS) is 20.6. The maximum absolute atomic E-state index is 12.9. The molecule has 2 fully saturated rings. The number of morpholine rings is 1. The molecule has 1 aromatic carbocycles. The first-order valence-corrected chi connectivity index (χ1v) is 10.1. The van der Waals surface area contributed by atoms with Crippen LogP contribution in [0.2, 0.25) is 0 Å². The summed E-state index contributed by atoms with van der Waals surface area (Å²) in [6.45, 7) is 5.65. The van der Waals surface area contributed by atoms with Gasteiger partial charge in [0.25, 0.3) is 5.91 Å². The van der Waals surface area contributed by atoms with Gasteiger partial charge in [-0.2, -0.15) is 0 Å². The van der Waals surface area contributed by atoms with Crippen molar-refractivity contribution in [2.75, 3.05) is 39.4 Å². The van der Waals surface area contributed by atoms with Gasteiger partial charge in [0.2, 0.25) is 0 Å². The molecule has 1 N–H and O–H groups in total. The van der Waals surface area contributed by atoms with Crippen molar-refractivity contribution in [1.29, 1.82) is 0 Å². The van der Waals surface area contributed by atoms with E-state index in [4.69, 9.17) is 9.15 Å². The molecule has 150 valence electrons. The van der Waals surface area contributed by atoms with E-state index >= 15 is 0 Å². The lowest BCUT2D eigenvalue weighted by molar-refractivity contribution is 0.0313. The zero-order valence-corrected chi connectivity index (χ0v) is 16.2. The topological polar surface area (TPSA) is 66.2 Å². The van der Waals surface area contributed by atoms with Crippen molar-refractivity contribution in [3.63, 3.8) is 0 Å². The molecule has 1 atom stereocenters. The number of aliphatic hydroxyl groups excluding tert-OH is 1. The lowest BCUT2D eigenvalue weighted by Gasteiger charge is -2.25. The quantitative estimate of drug-likeness (QED) is 0.828. The fourth-order valence-electron chi connectivity index (χ4n) is 4.11. The standard InChI is InChI=1S/C22H28N2O4/c25-15-19-3-1-2-17(11-19)10-18-4-5-24(13-18)22(26)20-12-21(28-16-20)14-23-6-8-27-9-7-23/h1-3,11-12,16,18,25H,4-10,13-15H2/t18-/m1/s1. The van der Waals surface area contributed by atoms with Crippen LogP contribution >= 0.6 is 0 Å². The number of amides is 1. The Morgan fingerprint density at radius 3 is 2.79 bits per heavy atom. The van der Waals surface area contributed by atoms with Gasteiger partial charge < -0.3 is 19.2 Å². The number of ether oxygens (including phenoxy) is 1. The van der Waals surface area contributed by atoms with E-state index in [2.05, 4.69) is 17.0 Å². The summed E-state index contributed by atoms with van der Waals surface area (Å²) < 4.78 is 11.0. The van der Waals surface area contributed by atoms with E-state index in [9.17, 15) is 9.90 Å². The molecule has 28 heavy (non-hydrogen) atoms. The van der Waals surface area contributed by atoms with Crippen LogP contribution in [0.25, 0.3) is 0 Å². The Morgan fingerprint density at radius 2 is 1.96 bits per heavy atom. The van der Waals surface area contributed by atoms with Crippen molar-refractivity contribution < 1.29 is 19.1 Å². The predicted octanol–water partition coefficient (Wildman–Crippen LogP) is 2.31. The first kappa shape index (κ1) is 19.2. The second-order valence-electron chi connectivity index (χ2n) is 7.78. The molecule has 1 amide bonds. The maximum Gasteiger partial charge on any atom is 0.257 e. The van der Waals surface area contributed by atoms with Gasteiger partial charge in [0, 0.05) is 26.2 Å². The van der Waals surface area contributed by atoms with Crippen LogP contribution in [0.1, 0.15) is 33.7 Å². The molecular weight excluding hydrogens is 356 g/mol. The molecule has 2 aliphatic heterocycles. The Hall–Kier alpha value is -2.15. The lowest BCUT2D eigenvalue weighted by Crippen LogP contribution is -2.35. The average molecular weight is 384 g/mol. The summed E-state index contributed by atoms with van der Waals surface area (Å²) in [4.78, 5) is 17.1. The van der Waals surface area contributed by atoms with Gasteiger partial charge in [0.05, 0.1) is 31.9 Å². The highest BCUT2D eigenvalue weighted by atomic mass is 16.5. The van der Waals surface area contributed by atoms with Gasteiger partial charge >= 0.3 is 0 Å². The summed E-state index contributed by atoms with van der Waals surface area (Å²) in [6.07, 6.45) is 3.54. The van der Waals surface area contributed by atoms with Gasteiger partial charge in [0.1, 0.15) is 12.0 Å². The molecule has 6 heteroatoms. The highest BCUT2D eigenvalue weighted by Crippen LogP contribution is 2.24. The Bertz CT molecular complexity index is 797. The number of hydrogen-bond donors (Lipinski definition) is 1. The summed E-state index contributed by atoms with van der Waals surface area (Å²) in [5.74, 6) is 1.35. The van der Waals surface area contributed by atoms with E-state index in [1.807, 2.05) is 23.1 Å². The Labute approximate surface area is 165 Å². The number of likely N-dealkylation sites (tertiary alicyclic amines) is 1. The minimum atomic E-state index is 0.0589. The van der Waals surface area contributed by atoms with Gasteiger partial charge in [-0.05, 0) is 36.0 Å². The summed E-state index contributed by atoms with van der Waals surface area (Å²) >= 11 is 0. The number of furan rings is 1. The van der Waals surface area contributed by atoms with E-state index in [1.54, 1.807) is 6.26 Å². The SMILES string of the molecule is O=C(c1coc(CN2CCOCC2)c1)N1CC[C@H](Cc2cccc(CO)c2)C1. The van der Waals surface area contributed by atoms with Crippen molar-refractivity contribution in [2.45, 2.75) is 26.0 Å². The Balaban J connectivity index is 1.31. The maximum atomic E-state index is 12.9. The van der Waals surface area contributed by atoms with E-state index < -0.39 is 0 Å². The molecule has 1 aromatic heterocycles. The summed E-state index contributed by atoms with van der Waals surface area (Å²) in [5.41, 5.74) is 2.81. The molecule has 0 aliphatic carbocycles. The first-order chi connectivity index (χ1) is 13.7. The molecule has 6 nitrogen and oxygen atoms in total. The van der Waals surface area contributed by atoms with E-state index in [-0.39, 0.29) is 12.5 Å². The summed E-state index contributed by atoms with van der Waals surface area (Å²) in [5, 5.41) is 9.30. The molecule has 0 unspecified atom stereocenters. The fraction of sp³-hybridized carbons (Fsp3) is 0.500. The van der Waals surface area contributed by atoms with Gasteiger partial charge in [0.15, 0.2) is 0 Å². The summed E-state index contributed by atoms with van der Waals surface area (Å²) in [6, 6.07) is 9.95. The zero-order valence-electron chi connectivity index (χ0n) is 16.2. The third kappa shape index (κ3) is 4.63. The highest BCUT2D eigenvalue weighted by Gasteiger charge is 2.28. The molecule has 4 rings (SSSR count). The van der Waals surface area contributed by atoms with Gasteiger partial charge in [-0.1, -0.05) is 24.3 Å². The highest BCUT2D eigenvalue weighted by molar-refractivity contribution is 5.94. The number of carbonyl (C=O) groups excluding carboxylic acids is 1. The molecule has 0 spiro atoms. The molecule has 0 radical (unpaired) electrons. The van der Waals surface area contributed by atoms with Crippen LogP contribution in [0.4, 0.5) is 0 Å². The minimum Gasteiger partial charge on any atom is -0.467 e. The predicted molar refractivity (Wildman–Crippen MR) is 105 cm³/mol. The van der Waals surface area contributed by atoms with Crippen LogP contribution in [0, 0.1) is 5.92 Å². The number of carbonyl (C=O) groups is 1. The number of rotatable bonds is 6. The van der Waals surface area contributed by atoms with E-state index in [1.165, 1.54) is 5.56 Å². The molecule has 2 aliphatic rings. The van der Waals surface area contributed by atoms with E-state index in [0.29, 0.717) is 11.5 Å². The van der Waals surface area contributed by atoms with Crippen molar-refractivity contribution in [3.8, 4) is 0 Å². The van der Waals surface area contributed by atoms with Gasteiger partial charge in [-0.15, -0.1) is 0 Å². The average Bonchev–Trinajstić information content (AvgIpc) is 3.38. The number of nitrogens with zero attached hydrogens (tertiary/aromatic N) is 2. The van der Waals surface area contributed by atoms with Crippen LogP contribution in [-0.2, 0) is 24.3 Å². The first-order valence-electron chi connectivity index (χ1n) is 10.1. The Kier molecular flexibility index (Phi) is 6.10. The largest absolute Gasteiger partial charge is 0.467 e. The van der Waals surface area contributed by atoms with Crippen molar-refractivity contribution in [2.24, 2.45) is 5.92 Å². The third-order valence-corrected chi connectivity index (χ3v) is 5.66. The van der Waals surface area contributed by atoms with Crippen LogP contribution in [-0.4, -0.2) is 60.2 Å². The molecule has 3 heterocycles. The van der Waals surface area contributed by atoms with Crippen LogP contribution in [0.3, 0.4) is 0 Å². The lowest BCUT2D eigenvalue weighted by atomic mass is 9.97. The Morgan fingerprint density at radius 1 is 1.14 bits per heavy atom. The third-order valence-electron chi connectivity index (χ3n) is 5.66. The van der Waals surface area contributed by atoms with Crippen molar-refractivity contribution in [3.05, 3.63) is 59.0 Å². The van der Waals surface area contributed by atoms with Crippen LogP contribution < -0.4 is 0 Å². The summed E-state index contributed by atoms with van der Waals surface area (Å²) in [7, 11) is 0. The van der Waals surface area contributed by atoms with Crippen molar-refractivity contribution in [1.82, 2.24) is 9.80 Å². The molecule has 0 saturated carbocycles. The minimum absolute atomic E-state index is 0.0589. The van der Waals surface area contributed by atoms with Gasteiger partial charge in [-0.25, -0.2) is 0 Å². The van der Waals surface area contributed by atoms with Crippen LogP contribution in [0.5, 0.6) is 0 Å². The van der Waals surface area contributed by atoms with Crippen molar-refractivity contribution >= 4 is 5.91 Å². The molecule has 0 bridgehead atoms. The molecule has 2 aromatic rings.